The molecule has 2 saturated heterocycles. The molecule has 2 aromatic rings. The van der Waals surface area contributed by atoms with Crippen molar-refractivity contribution in [2.45, 2.75) is 51.9 Å². The molecule has 2 aliphatic heterocycles. The number of hydrogen-bond acceptors (Lipinski definition) is 5. The van der Waals surface area contributed by atoms with Crippen LogP contribution in [0.4, 0.5) is 4.79 Å². The lowest BCUT2D eigenvalue weighted by molar-refractivity contribution is 0.0891. The maximum absolute atomic E-state index is 13.0. The summed E-state index contributed by atoms with van der Waals surface area (Å²) in [5.74, 6) is 2.00. The number of para-hydroxylation sites is 1. The van der Waals surface area contributed by atoms with Crippen molar-refractivity contribution in [1.82, 2.24) is 25.1 Å². The summed E-state index contributed by atoms with van der Waals surface area (Å²) < 4.78 is 4.83. The second-order valence-electron chi connectivity index (χ2n) is 10.9. The van der Waals surface area contributed by atoms with E-state index in [4.69, 9.17) is 9.72 Å². The van der Waals surface area contributed by atoms with Gasteiger partial charge in [-0.05, 0) is 62.7 Å². The maximum Gasteiger partial charge on any atom is 0.409 e. The Hall–Kier alpha value is -2.61. The predicted octanol–water partition coefficient (Wildman–Crippen LogP) is 3.78. The van der Waals surface area contributed by atoms with Crippen molar-refractivity contribution >= 4 is 23.0 Å². The highest BCUT2D eigenvalue weighted by Gasteiger charge is 2.27. The zero-order valence-electron chi connectivity index (χ0n) is 21.0. The van der Waals surface area contributed by atoms with Crippen LogP contribution < -0.4 is 5.32 Å². The number of nitrogens with one attached hydrogen (secondary N) is 2. The lowest BCUT2D eigenvalue weighted by atomic mass is 9.92. The molecule has 0 unspecified atom stereocenters. The van der Waals surface area contributed by atoms with Gasteiger partial charge in [0.2, 0.25) is 0 Å². The number of likely N-dealkylation sites (tertiary alicyclic amines) is 2. The fraction of sp³-hybridized carbons (Fsp3) is 0.654. The second kappa shape index (κ2) is 10.3. The van der Waals surface area contributed by atoms with E-state index in [1.54, 1.807) is 4.90 Å². The zero-order chi connectivity index (χ0) is 24.3. The highest BCUT2D eigenvalue weighted by molar-refractivity contribution is 6.04. The molecule has 0 aliphatic carbocycles. The molecule has 0 radical (unpaired) electrons. The molecule has 1 aromatic carbocycles. The Morgan fingerprint density at radius 2 is 1.76 bits per heavy atom. The van der Waals surface area contributed by atoms with Gasteiger partial charge in [-0.3, -0.25) is 4.79 Å². The number of benzene rings is 1. The highest BCUT2D eigenvalue weighted by Crippen LogP contribution is 2.25. The van der Waals surface area contributed by atoms with Gasteiger partial charge in [-0.25, -0.2) is 9.78 Å². The predicted molar refractivity (Wildman–Crippen MR) is 133 cm³/mol. The van der Waals surface area contributed by atoms with Gasteiger partial charge in [0, 0.05) is 31.6 Å². The van der Waals surface area contributed by atoms with E-state index >= 15 is 0 Å². The summed E-state index contributed by atoms with van der Waals surface area (Å²) in [5, 5.41) is 3.17. The molecular weight excluding hydrogens is 430 g/mol. The van der Waals surface area contributed by atoms with Gasteiger partial charge >= 0.3 is 6.09 Å². The van der Waals surface area contributed by atoms with E-state index in [0.29, 0.717) is 23.9 Å². The van der Waals surface area contributed by atoms with Gasteiger partial charge in [0.05, 0.1) is 18.2 Å². The maximum atomic E-state index is 13.0. The molecule has 0 atom stereocenters. The van der Waals surface area contributed by atoms with Gasteiger partial charge in [0.25, 0.3) is 5.91 Å². The number of fused-ring (bicyclic) bond motifs is 1. The molecule has 186 valence electrons. The first-order valence-corrected chi connectivity index (χ1v) is 12.6. The van der Waals surface area contributed by atoms with Crippen molar-refractivity contribution in [3.63, 3.8) is 0 Å². The number of aromatic amines is 1. The van der Waals surface area contributed by atoms with Gasteiger partial charge in [-0.2, -0.15) is 0 Å². The van der Waals surface area contributed by atoms with Gasteiger partial charge in [-0.1, -0.05) is 26.8 Å². The first-order valence-electron chi connectivity index (χ1n) is 12.6. The van der Waals surface area contributed by atoms with Crippen LogP contribution in [0.5, 0.6) is 0 Å². The highest BCUT2D eigenvalue weighted by atomic mass is 16.5. The minimum atomic E-state index is -0.209. The van der Waals surface area contributed by atoms with Gasteiger partial charge < -0.3 is 24.8 Å². The van der Waals surface area contributed by atoms with Gasteiger partial charge in [0.15, 0.2) is 0 Å². The first kappa shape index (κ1) is 24.5. The number of amides is 2. The van der Waals surface area contributed by atoms with Gasteiger partial charge in [0.1, 0.15) is 11.3 Å². The van der Waals surface area contributed by atoms with E-state index in [-0.39, 0.29) is 17.4 Å². The molecule has 2 fully saturated rings. The minimum Gasteiger partial charge on any atom is -0.453 e. The summed E-state index contributed by atoms with van der Waals surface area (Å²) in [7, 11) is 1.45. The Labute approximate surface area is 202 Å². The first-order chi connectivity index (χ1) is 16.2. The molecule has 1 aromatic heterocycles. The van der Waals surface area contributed by atoms with E-state index in [9.17, 15) is 9.59 Å². The molecule has 8 heteroatoms. The number of piperidine rings is 2. The molecule has 0 bridgehead atoms. The van der Waals surface area contributed by atoms with E-state index in [1.165, 1.54) is 7.11 Å². The fourth-order valence-corrected chi connectivity index (χ4v) is 5.07. The van der Waals surface area contributed by atoms with Crippen LogP contribution >= 0.6 is 0 Å². The third-order valence-electron chi connectivity index (χ3n) is 7.29. The van der Waals surface area contributed by atoms with Crippen LogP contribution in [0.1, 0.15) is 62.6 Å². The summed E-state index contributed by atoms with van der Waals surface area (Å²) in [6.45, 7) is 11.9. The van der Waals surface area contributed by atoms with Crippen LogP contribution in [0.25, 0.3) is 11.0 Å². The second-order valence-corrected chi connectivity index (χ2v) is 10.9. The average Bonchev–Trinajstić information content (AvgIpc) is 3.29. The Morgan fingerprint density at radius 3 is 2.41 bits per heavy atom. The normalized spacial score (nSPS) is 18.9. The number of carbonyl (C=O) groups excluding carboxylic acids is 2. The van der Waals surface area contributed by atoms with Crippen LogP contribution in [0.2, 0.25) is 0 Å². The summed E-state index contributed by atoms with van der Waals surface area (Å²) >= 11 is 0. The number of rotatable bonds is 5. The lowest BCUT2D eigenvalue weighted by Gasteiger charge is -2.37. The third-order valence-corrected chi connectivity index (χ3v) is 7.29. The Morgan fingerprint density at radius 1 is 1.09 bits per heavy atom. The molecule has 8 nitrogen and oxygen atoms in total. The smallest absolute Gasteiger partial charge is 0.409 e. The van der Waals surface area contributed by atoms with Crippen molar-refractivity contribution < 1.29 is 14.3 Å². The number of aromatic nitrogens is 2. The summed E-state index contributed by atoms with van der Waals surface area (Å²) in [4.78, 5) is 37.1. The van der Waals surface area contributed by atoms with Crippen LogP contribution in [0.15, 0.2) is 18.2 Å². The molecule has 3 heterocycles. The SMILES string of the molecule is COC(=O)N1CCC(CN2CCC(CNC(=O)c3cccc4[nH]c(C(C)(C)C)nc34)CC2)CC1. The molecule has 4 rings (SSSR count). The number of hydrogen-bond donors (Lipinski definition) is 2. The van der Waals surface area contributed by atoms with Gasteiger partial charge in [-0.15, -0.1) is 0 Å². The fourth-order valence-electron chi connectivity index (χ4n) is 5.07. The van der Waals surface area contributed by atoms with Crippen LogP contribution in [-0.2, 0) is 10.2 Å². The van der Waals surface area contributed by atoms with Crippen LogP contribution in [0, 0.1) is 11.8 Å². The summed E-state index contributed by atoms with van der Waals surface area (Å²) in [6, 6.07) is 5.75. The van der Waals surface area contributed by atoms with Crippen LogP contribution in [0.3, 0.4) is 0 Å². The molecule has 0 spiro atoms. The van der Waals surface area contributed by atoms with E-state index < -0.39 is 0 Å². The molecule has 0 saturated carbocycles. The lowest BCUT2D eigenvalue weighted by Crippen LogP contribution is -2.44. The van der Waals surface area contributed by atoms with E-state index in [0.717, 1.165) is 75.3 Å². The van der Waals surface area contributed by atoms with Crippen molar-refractivity contribution in [2.75, 3.05) is 46.4 Å². The number of imidazole rings is 1. The Bertz CT molecular complexity index is 996. The standard InChI is InChI=1S/C26H39N5O3/c1-26(2,3)24-28-21-7-5-6-20(22(21)29-24)23(32)27-16-18-8-12-30(13-9-18)17-19-10-14-31(15-11-19)25(33)34-4/h5-7,18-19H,8-17H2,1-4H3,(H,27,32)(H,28,29). The molecular formula is C26H39N5O3. The summed E-state index contributed by atoms with van der Waals surface area (Å²) in [6.07, 6.45) is 4.07. The van der Waals surface area contributed by atoms with E-state index in [2.05, 4.69) is 36.0 Å². The van der Waals surface area contributed by atoms with Crippen molar-refractivity contribution in [3.05, 3.63) is 29.6 Å². The quantitative estimate of drug-likeness (QED) is 0.696. The minimum absolute atomic E-state index is 0.0441. The molecule has 2 aliphatic rings. The topological polar surface area (TPSA) is 90.6 Å². The molecule has 2 amide bonds. The number of ether oxygens (including phenoxy) is 1. The zero-order valence-corrected chi connectivity index (χ0v) is 21.0. The molecule has 2 N–H and O–H groups in total. The molecule has 34 heavy (non-hydrogen) atoms. The van der Waals surface area contributed by atoms with Crippen LogP contribution in [-0.4, -0.2) is 78.1 Å². The van der Waals surface area contributed by atoms with Crippen molar-refractivity contribution in [2.24, 2.45) is 11.8 Å². The Balaban J connectivity index is 1.23. The number of carbonyl (C=O) groups is 2. The third kappa shape index (κ3) is 5.71. The largest absolute Gasteiger partial charge is 0.453 e. The average molecular weight is 470 g/mol. The Kier molecular flexibility index (Phi) is 7.45. The number of nitrogens with zero attached hydrogens (tertiary/aromatic N) is 3. The monoisotopic (exact) mass is 469 g/mol. The van der Waals surface area contributed by atoms with E-state index in [1.807, 2.05) is 18.2 Å². The summed E-state index contributed by atoms with van der Waals surface area (Å²) in [5.41, 5.74) is 2.19. The van der Waals surface area contributed by atoms with Crippen molar-refractivity contribution in [1.29, 1.82) is 0 Å². The van der Waals surface area contributed by atoms with Crippen molar-refractivity contribution in [3.8, 4) is 0 Å². The number of methoxy groups -OCH3 is 1. The number of H-pyrrole nitrogens is 1.